The van der Waals surface area contributed by atoms with Gasteiger partial charge in [0.15, 0.2) is 5.78 Å². The van der Waals surface area contributed by atoms with Crippen LogP contribution in [0, 0.1) is 48.5 Å². The molecule has 0 saturated carbocycles. The number of hydrogen-bond acceptors (Lipinski definition) is 7. The second kappa shape index (κ2) is 18.4. The van der Waals surface area contributed by atoms with Crippen molar-refractivity contribution in [2.45, 2.75) is 58.3 Å². The Morgan fingerprint density at radius 2 is 0.692 bits per heavy atom. The van der Waals surface area contributed by atoms with E-state index in [0.29, 0.717) is 39.9 Å². The summed E-state index contributed by atoms with van der Waals surface area (Å²) in [5, 5.41) is 0. The summed E-state index contributed by atoms with van der Waals surface area (Å²) in [5.74, 6) is 4.74. The van der Waals surface area contributed by atoms with E-state index in [4.69, 9.17) is 18.9 Å². The molecule has 0 N–H and O–H groups in total. The van der Waals surface area contributed by atoms with Crippen LogP contribution in [0.25, 0.3) is 22.3 Å². The van der Waals surface area contributed by atoms with Gasteiger partial charge in [-0.3, -0.25) is 4.79 Å². The van der Waals surface area contributed by atoms with Crippen LogP contribution in [0.3, 0.4) is 0 Å². The summed E-state index contributed by atoms with van der Waals surface area (Å²) >= 11 is 0. The van der Waals surface area contributed by atoms with Gasteiger partial charge in [0, 0.05) is 11.1 Å². The first-order chi connectivity index (χ1) is 31.2. The van der Waals surface area contributed by atoms with Crippen molar-refractivity contribution >= 4 is 15.6 Å². The minimum atomic E-state index is -3.67. The summed E-state index contributed by atoms with van der Waals surface area (Å²) in [4.78, 5) is 13.9. The average Bonchev–Trinajstić information content (AvgIpc) is 3.30. The number of ether oxygens (including phenoxy) is 4. The highest BCUT2D eigenvalue weighted by Gasteiger charge is 2.20. The first-order valence-corrected chi connectivity index (χ1v) is 22.8. The van der Waals surface area contributed by atoms with E-state index < -0.39 is 9.84 Å². The Morgan fingerprint density at radius 3 is 1.06 bits per heavy atom. The van der Waals surface area contributed by atoms with Gasteiger partial charge in [0.2, 0.25) is 9.84 Å². The van der Waals surface area contributed by atoms with Crippen LogP contribution in [-0.2, 0) is 9.84 Å². The standard InChI is InChI=1S/C57H50O7S/c1-35-9-22-50(33-36(35)2)65(59,60)51-23-28-56(41(7)34-51)64-55-27-17-47(32-40(55)6)46-16-26-54(39(5)31-46)63-49-20-12-43(13-21-49)57(58)42-10-18-48(19-11-42)62-53-25-15-45(30-38(53)4)44-14-24-52(61-8)37(3)29-44/h9-34H,1-8H3. The predicted octanol–water partition coefficient (Wildman–Crippen LogP) is 14.6. The molecule has 0 heterocycles. The summed E-state index contributed by atoms with van der Waals surface area (Å²) in [7, 11) is -2.00. The summed E-state index contributed by atoms with van der Waals surface area (Å²) in [6.45, 7) is 13.8. The van der Waals surface area contributed by atoms with Crippen LogP contribution in [0.5, 0.6) is 40.2 Å². The molecule has 8 aromatic carbocycles. The zero-order valence-corrected chi connectivity index (χ0v) is 38.6. The third kappa shape index (κ3) is 9.59. The number of carbonyl (C=O) groups excluding carboxylic acids is 1. The van der Waals surface area contributed by atoms with Gasteiger partial charge in [-0.05, 0) is 237 Å². The molecule has 0 bridgehead atoms. The number of hydrogen-bond donors (Lipinski definition) is 0. The molecule has 0 saturated heterocycles. The van der Waals surface area contributed by atoms with Crippen molar-refractivity contribution in [2.75, 3.05) is 7.11 Å². The molecule has 8 heteroatoms. The van der Waals surface area contributed by atoms with E-state index >= 15 is 0 Å². The Labute approximate surface area is 381 Å². The molecule has 326 valence electrons. The topological polar surface area (TPSA) is 88.1 Å². The number of carbonyl (C=O) groups is 1. The first kappa shape index (κ1) is 44.2. The molecule has 0 radical (unpaired) electrons. The van der Waals surface area contributed by atoms with Crippen molar-refractivity contribution < 1.29 is 32.2 Å². The van der Waals surface area contributed by atoms with Gasteiger partial charge < -0.3 is 18.9 Å². The molecule has 0 aliphatic rings. The van der Waals surface area contributed by atoms with Crippen LogP contribution in [0.1, 0.15) is 54.9 Å². The number of sulfone groups is 1. The molecule has 8 rings (SSSR count). The van der Waals surface area contributed by atoms with Crippen molar-refractivity contribution in [1.82, 2.24) is 0 Å². The van der Waals surface area contributed by atoms with Crippen molar-refractivity contribution in [1.29, 1.82) is 0 Å². The number of benzene rings is 8. The van der Waals surface area contributed by atoms with Gasteiger partial charge in [-0.2, -0.15) is 0 Å². The van der Waals surface area contributed by atoms with Gasteiger partial charge in [0.1, 0.15) is 40.2 Å². The van der Waals surface area contributed by atoms with Crippen molar-refractivity contribution in [3.8, 4) is 62.5 Å². The molecule has 7 nitrogen and oxygen atoms in total. The predicted molar refractivity (Wildman–Crippen MR) is 258 cm³/mol. The number of aryl methyl sites for hydroxylation is 7. The Balaban J connectivity index is 0.876. The normalized spacial score (nSPS) is 11.3. The van der Waals surface area contributed by atoms with Crippen molar-refractivity contribution in [2.24, 2.45) is 0 Å². The van der Waals surface area contributed by atoms with E-state index in [1.165, 1.54) is 0 Å². The fourth-order valence-electron chi connectivity index (χ4n) is 7.70. The molecule has 0 atom stereocenters. The highest BCUT2D eigenvalue weighted by atomic mass is 32.2. The Kier molecular flexibility index (Phi) is 12.5. The van der Waals surface area contributed by atoms with Crippen LogP contribution in [0.15, 0.2) is 168 Å². The zero-order chi connectivity index (χ0) is 46.0. The summed E-state index contributed by atoms with van der Waals surface area (Å²) < 4.78 is 51.0. The maximum atomic E-state index is 13.4. The molecule has 0 fully saturated rings. The molecule has 0 unspecified atom stereocenters. The summed E-state index contributed by atoms with van der Waals surface area (Å²) in [5.41, 5.74) is 12.0. The third-order valence-corrected chi connectivity index (χ3v) is 13.5. The fourth-order valence-corrected chi connectivity index (χ4v) is 9.13. The molecule has 8 aromatic rings. The lowest BCUT2D eigenvalue weighted by Crippen LogP contribution is -2.03. The maximum Gasteiger partial charge on any atom is 0.206 e. The van der Waals surface area contributed by atoms with Gasteiger partial charge in [0.05, 0.1) is 16.9 Å². The molecule has 0 amide bonds. The van der Waals surface area contributed by atoms with Crippen LogP contribution in [-0.4, -0.2) is 21.3 Å². The smallest absolute Gasteiger partial charge is 0.206 e. The van der Waals surface area contributed by atoms with Crippen LogP contribution >= 0.6 is 0 Å². The van der Waals surface area contributed by atoms with Gasteiger partial charge >= 0.3 is 0 Å². The molecule has 0 aromatic heterocycles. The van der Waals surface area contributed by atoms with E-state index in [2.05, 4.69) is 30.3 Å². The number of methoxy groups -OCH3 is 1. The third-order valence-electron chi connectivity index (χ3n) is 11.7. The highest BCUT2D eigenvalue weighted by Crippen LogP contribution is 2.36. The Bertz CT molecular complexity index is 3200. The molecular formula is C57H50O7S. The van der Waals surface area contributed by atoms with Gasteiger partial charge in [-0.15, -0.1) is 0 Å². The second-order valence-electron chi connectivity index (χ2n) is 16.5. The molecule has 0 aliphatic heterocycles. The lowest BCUT2D eigenvalue weighted by Gasteiger charge is -2.15. The molecule has 0 spiro atoms. The lowest BCUT2D eigenvalue weighted by atomic mass is 10.0. The van der Waals surface area contributed by atoms with E-state index in [0.717, 1.165) is 72.7 Å². The summed E-state index contributed by atoms with van der Waals surface area (Å²) in [6, 6.07) is 48.8. The van der Waals surface area contributed by atoms with E-state index in [9.17, 15) is 13.2 Å². The van der Waals surface area contributed by atoms with E-state index in [1.54, 1.807) is 73.8 Å². The van der Waals surface area contributed by atoms with Crippen LogP contribution in [0.4, 0.5) is 0 Å². The zero-order valence-electron chi connectivity index (χ0n) is 37.8. The Hall–Kier alpha value is -7.42. The van der Waals surface area contributed by atoms with Gasteiger partial charge in [-0.1, -0.05) is 30.3 Å². The minimum absolute atomic E-state index is 0.0990. The fraction of sp³-hybridized carbons (Fsp3) is 0.140. The molecular weight excluding hydrogens is 829 g/mol. The molecule has 65 heavy (non-hydrogen) atoms. The summed E-state index contributed by atoms with van der Waals surface area (Å²) in [6.07, 6.45) is 0. The maximum absolute atomic E-state index is 13.4. The van der Waals surface area contributed by atoms with Gasteiger partial charge in [0.25, 0.3) is 0 Å². The van der Waals surface area contributed by atoms with Crippen molar-refractivity contribution in [3.05, 3.63) is 208 Å². The number of rotatable bonds is 13. The van der Waals surface area contributed by atoms with E-state index in [-0.39, 0.29) is 15.6 Å². The molecule has 0 aliphatic carbocycles. The van der Waals surface area contributed by atoms with Crippen LogP contribution in [0.2, 0.25) is 0 Å². The lowest BCUT2D eigenvalue weighted by molar-refractivity contribution is 0.103. The monoisotopic (exact) mass is 878 g/mol. The quantitative estimate of drug-likeness (QED) is 0.107. The van der Waals surface area contributed by atoms with Crippen molar-refractivity contribution in [3.63, 3.8) is 0 Å². The van der Waals surface area contributed by atoms with Crippen LogP contribution < -0.4 is 18.9 Å². The first-order valence-electron chi connectivity index (χ1n) is 21.4. The average molecular weight is 879 g/mol. The number of ketones is 1. The second-order valence-corrected chi connectivity index (χ2v) is 18.4. The highest BCUT2D eigenvalue weighted by molar-refractivity contribution is 7.91. The Morgan fingerprint density at radius 1 is 0.354 bits per heavy atom. The van der Waals surface area contributed by atoms with E-state index in [1.807, 2.05) is 109 Å². The SMILES string of the molecule is COc1ccc(-c2ccc(Oc3ccc(C(=O)c4ccc(Oc5ccc(-c6ccc(Oc7ccc(S(=O)(=O)c8ccc(C)c(C)c8)cc7C)c(C)c6)cc5C)cc4)cc3)c(C)c2)cc1C. The largest absolute Gasteiger partial charge is 0.496 e. The minimum Gasteiger partial charge on any atom is -0.496 e. The van der Waals surface area contributed by atoms with Gasteiger partial charge in [-0.25, -0.2) is 8.42 Å².